The Hall–Kier alpha value is -0.840. The van der Waals surface area contributed by atoms with Crippen LogP contribution in [0.3, 0.4) is 0 Å². The van der Waals surface area contributed by atoms with Gasteiger partial charge >= 0.3 is 0 Å². The summed E-state index contributed by atoms with van der Waals surface area (Å²) in [6.45, 7) is 5.18. The summed E-state index contributed by atoms with van der Waals surface area (Å²) in [5.41, 5.74) is 2.44. The molecule has 3 nitrogen and oxygen atoms in total. The van der Waals surface area contributed by atoms with E-state index in [2.05, 4.69) is 41.1 Å². The topological polar surface area (TPSA) is 29.9 Å². The summed E-state index contributed by atoms with van der Waals surface area (Å²) in [6, 6.07) is 6.56. The van der Waals surface area contributed by atoms with Crippen LogP contribution < -0.4 is 5.32 Å². The van der Waals surface area contributed by atoms with Gasteiger partial charge in [0.1, 0.15) is 0 Å². The average Bonchev–Trinajstić information content (AvgIpc) is 3.01. The zero-order valence-electron chi connectivity index (χ0n) is 11.6. The molecule has 2 aromatic rings. The molecule has 0 aliphatic rings. The lowest BCUT2D eigenvalue weighted by molar-refractivity contribution is 0.546. The minimum atomic E-state index is 0.296. The van der Waals surface area contributed by atoms with E-state index in [1.165, 1.54) is 10.6 Å². The molecular formula is C14H20ClN3S. The van der Waals surface area contributed by atoms with Crippen molar-refractivity contribution in [3.63, 3.8) is 0 Å². The molecule has 0 aliphatic heterocycles. The zero-order valence-corrected chi connectivity index (χ0v) is 13.2. The predicted octanol–water partition coefficient (Wildman–Crippen LogP) is 3.68. The number of thiophene rings is 1. The Labute approximate surface area is 123 Å². The Morgan fingerprint density at radius 3 is 2.74 bits per heavy atom. The lowest BCUT2D eigenvalue weighted by atomic mass is 10.1. The SMILES string of the molecule is CCc1cc(CC(NC)c2ccc(Cl)s2)n(CC)n1. The normalized spacial score (nSPS) is 12.8. The molecular weight excluding hydrogens is 278 g/mol. The van der Waals surface area contributed by atoms with E-state index >= 15 is 0 Å². The van der Waals surface area contributed by atoms with Crippen LogP contribution in [0.1, 0.15) is 36.2 Å². The third-order valence-corrected chi connectivity index (χ3v) is 4.62. The molecule has 5 heteroatoms. The van der Waals surface area contributed by atoms with Gasteiger partial charge in [-0.15, -0.1) is 11.3 Å². The Kier molecular flexibility index (Phi) is 5.02. The fourth-order valence-electron chi connectivity index (χ4n) is 2.20. The molecule has 0 aliphatic carbocycles. The van der Waals surface area contributed by atoms with Gasteiger partial charge < -0.3 is 5.32 Å². The third kappa shape index (κ3) is 3.38. The smallest absolute Gasteiger partial charge is 0.0931 e. The summed E-state index contributed by atoms with van der Waals surface area (Å²) < 4.78 is 2.94. The largest absolute Gasteiger partial charge is 0.312 e. The van der Waals surface area contributed by atoms with Crippen molar-refractivity contribution in [3.8, 4) is 0 Å². The Balaban J connectivity index is 2.20. The molecule has 1 atom stereocenters. The molecule has 1 unspecified atom stereocenters. The maximum absolute atomic E-state index is 6.02. The number of halogens is 1. The molecule has 2 rings (SSSR count). The van der Waals surface area contributed by atoms with Crippen LogP contribution in [0, 0.1) is 0 Å². The van der Waals surface area contributed by atoms with E-state index < -0.39 is 0 Å². The monoisotopic (exact) mass is 297 g/mol. The van der Waals surface area contributed by atoms with Gasteiger partial charge in [-0.25, -0.2) is 0 Å². The number of likely N-dealkylation sites (N-methyl/N-ethyl adjacent to an activating group) is 1. The number of nitrogens with zero attached hydrogens (tertiary/aromatic N) is 2. The van der Waals surface area contributed by atoms with Crippen molar-refractivity contribution in [2.24, 2.45) is 0 Å². The first-order chi connectivity index (χ1) is 9.17. The van der Waals surface area contributed by atoms with Crippen molar-refractivity contribution in [1.82, 2.24) is 15.1 Å². The van der Waals surface area contributed by atoms with Crippen molar-refractivity contribution in [3.05, 3.63) is 38.8 Å². The first-order valence-corrected chi connectivity index (χ1v) is 7.85. The van der Waals surface area contributed by atoms with Gasteiger partial charge in [-0.1, -0.05) is 18.5 Å². The summed E-state index contributed by atoms with van der Waals surface area (Å²) in [5, 5.41) is 7.97. The molecule has 19 heavy (non-hydrogen) atoms. The quantitative estimate of drug-likeness (QED) is 0.881. The highest BCUT2D eigenvalue weighted by atomic mass is 35.5. The molecule has 2 heterocycles. The third-order valence-electron chi connectivity index (χ3n) is 3.27. The molecule has 0 radical (unpaired) electrons. The van der Waals surface area contributed by atoms with E-state index in [-0.39, 0.29) is 0 Å². The molecule has 1 N–H and O–H groups in total. The van der Waals surface area contributed by atoms with Gasteiger partial charge in [-0.2, -0.15) is 5.10 Å². The molecule has 0 aromatic carbocycles. The summed E-state index contributed by atoms with van der Waals surface area (Å²) in [4.78, 5) is 1.27. The lowest BCUT2D eigenvalue weighted by Crippen LogP contribution is -2.19. The van der Waals surface area contributed by atoms with Crippen LogP contribution in [-0.4, -0.2) is 16.8 Å². The van der Waals surface area contributed by atoms with Gasteiger partial charge in [-0.3, -0.25) is 4.68 Å². The second-order valence-corrected chi connectivity index (χ2v) is 6.23. The van der Waals surface area contributed by atoms with Crippen LogP contribution in [-0.2, 0) is 19.4 Å². The minimum absolute atomic E-state index is 0.296. The van der Waals surface area contributed by atoms with Crippen LogP contribution in [0.15, 0.2) is 18.2 Å². The molecule has 2 aromatic heterocycles. The Morgan fingerprint density at radius 2 is 2.21 bits per heavy atom. The van der Waals surface area contributed by atoms with E-state index in [9.17, 15) is 0 Å². The van der Waals surface area contributed by atoms with Crippen LogP contribution in [0.4, 0.5) is 0 Å². The van der Waals surface area contributed by atoms with Crippen molar-refractivity contribution in [2.45, 2.75) is 39.3 Å². The molecule has 0 spiro atoms. The van der Waals surface area contributed by atoms with Crippen LogP contribution in [0.5, 0.6) is 0 Å². The number of aryl methyl sites for hydroxylation is 2. The minimum Gasteiger partial charge on any atom is -0.312 e. The summed E-state index contributed by atoms with van der Waals surface area (Å²) in [5.74, 6) is 0. The van der Waals surface area contributed by atoms with Crippen LogP contribution in [0.25, 0.3) is 0 Å². The van der Waals surface area contributed by atoms with Gasteiger partial charge in [0.2, 0.25) is 0 Å². The second-order valence-electron chi connectivity index (χ2n) is 4.48. The first kappa shape index (κ1) is 14.6. The summed E-state index contributed by atoms with van der Waals surface area (Å²) >= 11 is 7.66. The van der Waals surface area contributed by atoms with Crippen LogP contribution in [0.2, 0.25) is 4.34 Å². The van der Waals surface area contributed by atoms with Crippen molar-refractivity contribution < 1.29 is 0 Å². The highest BCUT2D eigenvalue weighted by molar-refractivity contribution is 7.16. The standard InChI is InChI=1S/C14H20ClN3S/c1-4-10-8-11(18(5-2)17-10)9-12(16-3)13-6-7-14(15)19-13/h6-8,12,16H,4-5,9H2,1-3H3. The molecule has 0 saturated heterocycles. The first-order valence-electron chi connectivity index (χ1n) is 6.66. The Bertz CT molecular complexity index is 533. The maximum atomic E-state index is 6.02. The molecule has 0 amide bonds. The summed E-state index contributed by atoms with van der Waals surface area (Å²) in [6.07, 6.45) is 1.92. The average molecular weight is 298 g/mol. The molecule has 0 bridgehead atoms. The summed E-state index contributed by atoms with van der Waals surface area (Å²) in [7, 11) is 1.99. The van der Waals surface area contributed by atoms with Gasteiger partial charge in [0.25, 0.3) is 0 Å². The lowest BCUT2D eigenvalue weighted by Gasteiger charge is -2.15. The number of hydrogen-bond acceptors (Lipinski definition) is 3. The number of hydrogen-bond donors (Lipinski definition) is 1. The molecule has 0 saturated carbocycles. The van der Waals surface area contributed by atoms with E-state index in [0.717, 1.165) is 29.4 Å². The van der Waals surface area contributed by atoms with Gasteiger partial charge in [-0.05, 0) is 38.6 Å². The molecule has 104 valence electrons. The van der Waals surface area contributed by atoms with E-state index in [1.54, 1.807) is 11.3 Å². The van der Waals surface area contributed by atoms with Gasteiger partial charge in [0.05, 0.1) is 10.0 Å². The highest BCUT2D eigenvalue weighted by Crippen LogP contribution is 2.29. The molecule has 0 fully saturated rings. The number of rotatable bonds is 6. The van der Waals surface area contributed by atoms with Crippen LogP contribution >= 0.6 is 22.9 Å². The fourth-order valence-corrected chi connectivity index (χ4v) is 3.37. The maximum Gasteiger partial charge on any atom is 0.0931 e. The Morgan fingerprint density at radius 1 is 1.42 bits per heavy atom. The van der Waals surface area contributed by atoms with Crippen molar-refractivity contribution in [2.75, 3.05) is 7.05 Å². The van der Waals surface area contributed by atoms with Gasteiger partial charge in [0, 0.05) is 29.6 Å². The van der Waals surface area contributed by atoms with Gasteiger partial charge in [0.15, 0.2) is 0 Å². The van der Waals surface area contributed by atoms with Crippen molar-refractivity contribution in [1.29, 1.82) is 0 Å². The van der Waals surface area contributed by atoms with E-state index in [0.29, 0.717) is 6.04 Å². The second kappa shape index (κ2) is 6.55. The highest BCUT2D eigenvalue weighted by Gasteiger charge is 2.16. The zero-order chi connectivity index (χ0) is 13.8. The predicted molar refractivity (Wildman–Crippen MR) is 82.1 cm³/mol. The number of nitrogens with one attached hydrogen (secondary N) is 1. The van der Waals surface area contributed by atoms with E-state index in [4.69, 9.17) is 11.6 Å². The van der Waals surface area contributed by atoms with E-state index in [1.807, 2.05) is 13.1 Å². The number of aromatic nitrogens is 2. The fraction of sp³-hybridized carbons (Fsp3) is 0.500. The van der Waals surface area contributed by atoms with Crippen molar-refractivity contribution >= 4 is 22.9 Å².